The van der Waals surface area contributed by atoms with Crippen LogP contribution in [0.15, 0.2) is 0 Å². The summed E-state index contributed by atoms with van der Waals surface area (Å²) in [6.07, 6.45) is 2.94. The monoisotopic (exact) mass is 307 g/mol. The molecule has 4 N–H and O–H groups in total. The van der Waals surface area contributed by atoms with Crippen LogP contribution in [0.4, 0.5) is 4.79 Å². The molecule has 1 rings (SSSR count). The Bertz CT molecular complexity index is 478. The van der Waals surface area contributed by atoms with Crippen molar-refractivity contribution in [3.05, 3.63) is 0 Å². The first-order valence-electron chi connectivity index (χ1n) is 6.37. The molecule has 1 aliphatic rings. The minimum Gasteiger partial charge on any atom is -0.481 e. The van der Waals surface area contributed by atoms with Crippen molar-refractivity contribution in [1.29, 1.82) is 0 Å². The van der Waals surface area contributed by atoms with Crippen molar-refractivity contribution in [3.63, 3.8) is 0 Å². The van der Waals surface area contributed by atoms with Gasteiger partial charge in [0.15, 0.2) is 0 Å². The molecule has 1 fully saturated rings. The quantitative estimate of drug-likeness (QED) is 0.491. The second kappa shape index (κ2) is 6.40. The Labute approximate surface area is 118 Å². The lowest BCUT2D eigenvalue weighted by atomic mass is 9.85. The van der Waals surface area contributed by atoms with Crippen LogP contribution in [-0.2, 0) is 14.8 Å². The Hall–Kier alpha value is -1.35. The molecule has 0 spiro atoms. The lowest BCUT2D eigenvalue weighted by Crippen LogP contribution is -2.51. The maximum atomic E-state index is 11.6. The van der Waals surface area contributed by atoms with Gasteiger partial charge in [0.2, 0.25) is 10.0 Å². The van der Waals surface area contributed by atoms with E-state index >= 15 is 0 Å². The number of rotatable bonds is 6. The second-order valence-corrected chi connectivity index (χ2v) is 7.07. The highest BCUT2D eigenvalue weighted by Crippen LogP contribution is 2.38. The van der Waals surface area contributed by atoms with E-state index in [0.717, 1.165) is 12.7 Å². The summed E-state index contributed by atoms with van der Waals surface area (Å²) >= 11 is 0. The number of urea groups is 1. The number of sulfonamides is 1. The van der Waals surface area contributed by atoms with Gasteiger partial charge in [-0.1, -0.05) is 6.42 Å². The molecule has 1 saturated carbocycles. The zero-order valence-corrected chi connectivity index (χ0v) is 12.4. The highest BCUT2D eigenvalue weighted by molar-refractivity contribution is 7.88. The van der Waals surface area contributed by atoms with E-state index in [1.165, 1.54) is 0 Å². The Morgan fingerprint density at radius 2 is 2.00 bits per heavy atom. The Morgan fingerprint density at radius 3 is 2.55 bits per heavy atom. The molecule has 20 heavy (non-hydrogen) atoms. The summed E-state index contributed by atoms with van der Waals surface area (Å²) in [5, 5.41) is 14.3. The molecule has 0 bridgehead atoms. The van der Waals surface area contributed by atoms with Gasteiger partial charge in [-0.2, -0.15) is 0 Å². The van der Waals surface area contributed by atoms with Crippen LogP contribution in [-0.4, -0.2) is 50.9 Å². The average molecular weight is 307 g/mol. The van der Waals surface area contributed by atoms with Crippen LogP contribution in [0.3, 0.4) is 0 Å². The van der Waals surface area contributed by atoms with Crippen molar-refractivity contribution in [2.75, 3.05) is 19.3 Å². The molecule has 0 aromatic rings. The van der Waals surface area contributed by atoms with E-state index in [-0.39, 0.29) is 13.1 Å². The summed E-state index contributed by atoms with van der Waals surface area (Å²) in [6, 6.07) is -0.900. The largest absolute Gasteiger partial charge is 0.481 e. The normalized spacial score (nSPS) is 26.2. The number of nitrogens with one attached hydrogen (secondary N) is 3. The smallest absolute Gasteiger partial charge is 0.315 e. The molecule has 9 heteroatoms. The number of carboxylic acid groups (broad SMARTS) is 1. The zero-order valence-electron chi connectivity index (χ0n) is 11.6. The maximum Gasteiger partial charge on any atom is 0.315 e. The number of hydrogen-bond acceptors (Lipinski definition) is 4. The van der Waals surface area contributed by atoms with Crippen molar-refractivity contribution < 1.29 is 23.1 Å². The van der Waals surface area contributed by atoms with Crippen molar-refractivity contribution in [2.24, 2.45) is 5.41 Å². The molecule has 0 radical (unpaired) electrons. The number of hydrogen-bond donors (Lipinski definition) is 4. The van der Waals surface area contributed by atoms with Crippen molar-refractivity contribution in [3.8, 4) is 0 Å². The first-order chi connectivity index (χ1) is 9.15. The Kier molecular flexibility index (Phi) is 5.35. The minimum absolute atomic E-state index is 0.0904. The van der Waals surface area contributed by atoms with Gasteiger partial charge in [-0.05, 0) is 19.8 Å². The summed E-state index contributed by atoms with van der Waals surface area (Å²) in [4.78, 5) is 22.9. The van der Waals surface area contributed by atoms with Gasteiger partial charge >= 0.3 is 12.0 Å². The predicted molar refractivity (Wildman–Crippen MR) is 72.8 cm³/mol. The van der Waals surface area contributed by atoms with Gasteiger partial charge in [-0.25, -0.2) is 17.9 Å². The summed E-state index contributed by atoms with van der Waals surface area (Å²) in [5.74, 6) is -0.918. The third-order valence-corrected chi connectivity index (χ3v) is 4.26. The SMILES string of the molecule is CC1(C(=O)O)CCCC1NC(=O)NCCNS(C)(=O)=O. The summed E-state index contributed by atoms with van der Waals surface area (Å²) < 4.78 is 23.9. The van der Waals surface area contributed by atoms with Crippen LogP contribution in [0, 0.1) is 5.41 Å². The van der Waals surface area contributed by atoms with Gasteiger partial charge < -0.3 is 15.7 Å². The third kappa shape index (κ3) is 4.64. The fraction of sp³-hybridized carbons (Fsp3) is 0.818. The molecule has 0 saturated heterocycles. The van der Waals surface area contributed by atoms with E-state index in [1.54, 1.807) is 6.92 Å². The molecule has 0 heterocycles. The minimum atomic E-state index is -3.27. The molecule has 8 nitrogen and oxygen atoms in total. The molecule has 2 amide bonds. The summed E-state index contributed by atoms with van der Waals surface area (Å²) in [7, 11) is -3.27. The lowest BCUT2D eigenvalue weighted by Gasteiger charge is -2.27. The van der Waals surface area contributed by atoms with Crippen molar-refractivity contribution >= 4 is 22.0 Å². The molecule has 0 aromatic heterocycles. The molecule has 2 unspecified atom stereocenters. The molecular formula is C11H21N3O5S. The van der Waals surface area contributed by atoms with Crippen molar-refractivity contribution in [1.82, 2.24) is 15.4 Å². The molecule has 116 valence electrons. The van der Waals surface area contributed by atoms with E-state index in [9.17, 15) is 23.1 Å². The van der Waals surface area contributed by atoms with E-state index in [4.69, 9.17) is 0 Å². The van der Waals surface area contributed by atoms with Crippen LogP contribution in [0.5, 0.6) is 0 Å². The predicted octanol–water partition coefficient (Wildman–Crippen LogP) is -0.522. The lowest BCUT2D eigenvalue weighted by molar-refractivity contribution is -0.148. The van der Waals surface area contributed by atoms with Crippen LogP contribution >= 0.6 is 0 Å². The number of carbonyl (C=O) groups is 2. The fourth-order valence-electron chi connectivity index (χ4n) is 2.28. The molecule has 0 aliphatic heterocycles. The van der Waals surface area contributed by atoms with Gasteiger partial charge in [-0.15, -0.1) is 0 Å². The average Bonchev–Trinajstić information content (AvgIpc) is 2.67. The maximum absolute atomic E-state index is 11.6. The Balaban J connectivity index is 2.37. The van der Waals surface area contributed by atoms with Gasteiger partial charge in [-0.3, -0.25) is 4.79 Å². The molecule has 2 atom stereocenters. The fourth-order valence-corrected chi connectivity index (χ4v) is 2.75. The topological polar surface area (TPSA) is 125 Å². The number of carbonyl (C=O) groups excluding carboxylic acids is 1. The zero-order chi connectivity index (χ0) is 15.4. The van der Waals surface area contributed by atoms with Gasteiger partial charge in [0, 0.05) is 19.1 Å². The highest BCUT2D eigenvalue weighted by Gasteiger charge is 2.45. The van der Waals surface area contributed by atoms with Gasteiger partial charge in [0.1, 0.15) is 0 Å². The number of amides is 2. The first-order valence-corrected chi connectivity index (χ1v) is 8.27. The number of carboxylic acids is 1. The second-order valence-electron chi connectivity index (χ2n) is 5.23. The van der Waals surface area contributed by atoms with Crippen LogP contribution in [0.1, 0.15) is 26.2 Å². The van der Waals surface area contributed by atoms with Gasteiger partial charge in [0.05, 0.1) is 11.7 Å². The summed E-state index contributed by atoms with van der Waals surface area (Å²) in [5.41, 5.74) is -0.942. The van der Waals surface area contributed by atoms with E-state index in [0.29, 0.717) is 12.8 Å². The van der Waals surface area contributed by atoms with Crippen molar-refractivity contribution in [2.45, 2.75) is 32.2 Å². The van der Waals surface area contributed by atoms with Crippen LogP contribution in [0.25, 0.3) is 0 Å². The number of aliphatic carboxylic acids is 1. The third-order valence-electron chi connectivity index (χ3n) is 3.53. The highest BCUT2D eigenvalue weighted by atomic mass is 32.2. The Morgan fingerprint density at radius 1 is 1.35 bits per heavy atom. The molecular weight excluding hydrogens is 286 g/mol. The molecule has 1 aliphatic carbocycles. The first kappa shape index (κ1) is 16.7. The summed E-state index contributed by atoms with van der Waals surface area (Å²) in [6.45, 7) is 1.85. The van der Waals surface area contributed by atoms with E-state index < -0.39 is 33.5 Å². The van der Waals surface area contributed by atoms with Gasteiger partial charge in [0.25, 0.3) is 0 Å². The standard InChI is InChI=1S/C11H21N3O5S/c1-11(9(15)16)5-3-4-8(11)14-10(17)12-6-7-13-20(2,18)19/h8,13H,3-7H2,1-2H3,(H,15,16)(H2,12,14,17). The van der Waals surface area contributed by atoms with Crippen LogP contribution < -0.4 is 15.4 Å². The van der Waals surface area contributed by atoms with Crippen LogP contribution in [0.2, 0.25) is 0 Å². The van der Waals surface area contributed by atoms with E-state index in [2.05, 4.69) is 15.4 Å². The molecule has 0 aromatic carbocycles. The van der Waals surface area contributed by atoms with E-state index in [1.807, 2.05) is 0 Å².